The molecule has 2 aromatic rings. The van der Waals surface area contributed by atoms with E-state index in [9.17, 15) is 9.90 Å². The molecule has 1 amide bonds. The maximum absolute atomic E-state index is 12.6. The normalized spacial score (nSPS) is 23.6. The van der Waals surface area contributed by atoms with Gasteiger partial charge in [0.2, 0.25) is 5.91 Å². The van der Waals surface area contributed by atoms with E-state index in [2.05, 4.69) is 15.6 Å². The van der Waals surface area contributed by atoms with E-state index >= 15 is 0 Å². The third kappa shape index (κ3) is 3.63. The lowest BCUT2D eigenvalue weighted by molar-refractivity contribution is -0.125. The number of pyridine rings is 1. The fourth-order valence-electron chi connectivity index (χ4n) is 3.27. The fraction of sp³-hybridized carbons (Fsp3) is 0.368. The molecule has 126 valence electrons. The van der Waals surface area contributed by atoms with Gasteiger partial charge in [0.05, 0.1) is 11.6 Å². The Hall–Kier alpha value is -2.24. The molecule has 1 fully saturated rings. The smallest absolute Gasteiger partial charge is 0.221 e. The number of carbonyl (C=O) groups is 1. The van der Waals surface area contributed by atoms with Gasteiger partial charge in [0.25, 0.3) is 0 Å². The van der Waals surface area contributed by atoms with Gasteiger partial charge in [0, 0.05) is 25.4 Å². The van der Waals surface area contributed by atoms with E-state index in [1.165, 1.54) is 0 Å². The van der Waals surface area contributed by atoms with Crippen LogP contribution in [-0.4, -0.2) is 35.2 Å². The van der Waals surface area contributed by atoms with Crippen LogP contribution in [0.4, 0.5) is 0 Å². The first-order chi connectivity index (χ1) is 11.7. The SMILES string of the molecule is O=C(CCc1ccncc1)N[C@@]1(c2ccccc2)CCNC[C@H]1O. The third-order valence-electron chi connectivity index (χ3n) is 4.64. The Bertz CT molecular complexity index is 663. The molecule has 1 saturated heterocycles. The van der Waals surface area contributed by atoms with Crippen molar-refractivity contribution in [1.82, 2.24) is 15.6 Å². The number of benzene rings is 1. The number of piperidine rings is 1. The molecule has 3 rings (SSSR count). The van der Waals surface area contributed by atoms with E-state index in [1.54, 1.807) is 12.4 Å². The third-order valence-corrected chi connectivity index (χ3v) is 4.64. The predicted octanol–water partition coefficient (Wildman–Crippen LogP) is 1.38. The number of aromatic nitrogens is 1. The summed E-state index contributed by atoms with van der Waals surface area (Å²) in [5.41, 5.74) is 1.32. The van der Waals surface area contributed by atoms with Gasteiger partial charge >= 0.3 is 0 Å². The molecule has 5 nitrogen and oxygen atoms in total. The van der Waals surface area contributed by atoms with Gasteiger partial charge in [-0.1, -0.05) is 30.3 Å². The van der Waals surface area contributed by atoms with Crippen molar-refractivity contribution in [1.29, 1.82) is 0 Å². The molecule has 1 aliphatic heterocycles. The molecule has 2 heterocycles. The molecule has 0 saturated carbocycles. The Morgan fingerprint density at radius 1 is 1.25 bits per heavy atom. The van der Waals surface area contributed by atoms with Crippen molar-refractivity contribution in [3.05, 3.63) is 66.0 Å². The zero-order valence-corrected chi connectivity index (χ0v) is 13.6. The zero-order valence-electron chi connectivity index (χ0n) is 13.6. The summed E-state index contributed by atoms with van der Waals surface area (Å²) in [7, 11) is 0. The monoisotopic (exact) mass is 325 g/mol. The standard InChI is InChI=1S/C19H23N3O2/c23-17-14-21-13-10-19(17,16-4-2-1-3-5-16)22-18(24)7-6-15-8-11-20-12-9-15/h1-5,8-9,11-12,17,21,23H,6-7,10,13-14H2,(H,22,24)/t17-,19-/m1/s1. The quantitative estimate of drug-likeness (QED) is 0.776. The van der Waals surface area contributed by atoms with Gasteiger partial charge < -0.3 is 15.7 Å². The minimum Gasteiger partial charge on any atom is -0.389 e. The second-order valence-electron chi connectivity index (χ2n) is 6.21. The highest BCUT2D eigenvalue weighted by Crippen LogP contribution is 2.31. The van der Waals surface area contributed by atoms with E-state index in [0.29, 0.717) is 25.8 Å². The van der Waals surface area contributed by atoms with Gasteiger partial charge in [0.1, 0.15) is 0 Å². The molecular formula is C19H23N3O2. The minimum atomic E-state index is -0.720. The Balaban J connectivity index is 1.73. The van der Waals surface area contributed by atoms with Crippen LogP contribution in [0.1, 0.15) is 24.0 Å². The molecule has 1 aromatic carbocycles. The number of hydrogen-bond acceptors (Lipinski definition) is 4. The number of aryl methyl sites for hydroxylation is 1. The molecule has 2 atom stereocenters. The summed E-state index contributed by atoms with van der Waals surface area (Å²) in [6, 6.07) is 13.6. The second-order valence-corrected chi connectivity index (χ2v) is 6.21. The summed E-state index contributed by atoms with van der Waals surface area (Å²) < 4.78 is 0. The Kier molecular flexibility index (Phi) is 5.23. The van der Waals surface area contributed by atoms with E-state index in [0.717, 1.165) is 17.7 Å². The first-order valence-electron chi connectivity index (χ1n) is 8.35. The fourth-order valence-corrected chi connectivity index (χ4v) is 3.27. The van der Waals surface area contributed by atoms with Crippen molar-refractivity contribution in [2.24, 2.45) is 0 Å². The lowest BCUT2D eigenvalue weighted by Gasteiger charge is -2.43. The van der Waals surface area contributed by atoms with Crippen LogP contribution in [0.15, 0.2) is 54.9 Å². The van der Waals surface area contributed by atoms with Crippen molar-refractivity contribution < 1.29 is 9.90 Å². The maximum atomic E-state index is 12.6. The number of amides is 1. The number of nitrogens with zero attached hydrogens (tertiary/aromatic N) is 1. The number of aliphatic hydroxyl groups is 1. The van der Waals surface area contributed by atoms with Crippen molar-refractivity contribution in [3.63, 3.8) is 0 Å². The summed E-state index contributed by atoms with van der Waals surface area (Å²) in [5.74, 6) is -0.0448. The average molecular weight is 325 g/mol. The predicted molar refractivity (Wildman–Crippen MR) is 92.3 cm³/mol. The molecule has 0 radical (unpaired) electrons. The highest BCUT2D eigenvalue weighted by atomic mass is 16.3. The van der Waals surface area contributed by atoms with Gasteiger partial charge in [-0.15, -0.1) is 0 Å². The molecule has 1 aliphatic rings. The summed E-state index contributed by atoms with van der Waals surface area (Å²) in [6.07, 6.45) is 4.52. The van der Waals surface area contributed by atoms with Crippen molar-refractivity contribution in [2.75, 3.05) is 13.1 Å². The second kappa shape index (κ2) is 7.55. The Morgan fingerprint density at radius 2 is 2.00 bits per heavy atom. The van der Waals surface area contributed by atoms with E-state index in [1.807, 2.05) is 42.5 Å². The van der Waals surface area contributed by atoms with Crippen molar-refractivity contribution in [2.45, 2.75) is 30.9 Å². The Labute approximate surface area is 142 Å². The summed E-state index contributed by atoms with van der Waals surface area (Å²) in [6.45, 7) is 1.23. The van der Waals surface area contributed by atoms with Crippen LogP contribution in [0.5, 0.6) is 0 Å². The minimum absolute atomic E-state index is 0.0448. The number of β-amino-alcohol motifs (C(OH)–C–C–N with tert-alkyl or cyclic N) is 1. The van der Waals surface area contributed by atoms with Gasteiger partial charge in [0.15, 0.2) is 0 Å². The first-order valence-corrected chi connectivity index (χ1v) is 8.35. The number of hydrogen-bond donors (Lipinski definition) is 3. The van der Waals surface area contributed by atoms with E-state index < -0.39 is 11.6 Å². The largest absolute Gasteiger partial charge is 0.389 e. The number of rotatable bonds is 5. The highest BCUT2D eigenvalue weighted by molar-refractivity contribution is 5.77. The molecule has 0 spiro atoms. The van der Waals surface area contributed by atoms with Gasteiger partial charge in [-0.05, 0) is 42.6 Å². The molecule has 0 aliphatic carbocycles. The van der Waals surface area contributed by atoms with Gasteiger partial charge in [-0.25, -0.2) is 0 Å². The molecular weight excluding hydrogens is 302 g/mol. The maximum Gasteiger partial charge on any atom is 0.221 e. The zero-order chi connectivity index (χ0) is 16.8. The summed E-state index contributed by atoms with van der Waals surface area (Å²) >= 11 is 0. The molecule has 24 heavy (non-hydrogen) atoms. The van der Waals surface area contributed by atoms with Crippen molar-refractivity contribution >= 4 is 5.91 Å². The average Bonchev–Trinajstić information content (AvgIpc) is 2.64. The highest BCUT2D eigenvalue weighted by Gasteiger charge is 2.42. The van der Waals surface area contributed by atoms with E-state index in [4.69, 9.17) is 0 Å². The number of carbonyl (C=O) groups excluding carboxylic acids is 1. The lowest BCUT2D eigenvalue weighted by atomic mass is 9.79. The molecule has 0 unspecified atom stereocenters. The first kappa shape index (κ1) is 16.6. The van der Waals surface area contributed by atoms with Crippen LogP contribution in [0.25, 0.3) is 0 Å². The lowest BCUT2D eigenvalue weighted by Crippen LogP contribution is -2.61. The number of nitrogens with one attached hydrogen (secondary N) is 2. The van der Waals surface area contributed by atoms with Crippen LogP contribution < -0.4 is 10.6 Å². The molecule has 5 heteroatoms. The topological polar surface area (TPSA) is 74.2 Å². The van der Waals surface area contributed by atoms with Crippen LogP contribution in [-0.2, 0) is 16.8 Å². The van der Waals surface area contributed by atoms with E-state index in [-0.39, 0.29) is 5.91 Å². The van der Waals surface area contributed by atoms with Gasteiger partial charge in [-0.2, -0.15) is 0 Å². The Morgan fingerprint density at radius 3 is 2.71 bits per heavy atom. The summed E-state index contributed by atoms with van der Waals surface area (Å²) in [4.78, 5) is 16.5. The van der Waals surface area contributed by atoms with Crippen LogP contribution >= 0.6 is 0 Å². The number of aliphatic hydroxyl groups excluding tert-OH is 1. The summed E-state index contributed by atoms with van der Waals surface area (Å²) in [5, 5.41) is 16.9. The van der Waals surface area contributed by atoms with Crippen LogP contribution in [0.3, 0.4) is 0 Å². The van der Waals surface area contributed by atoms with Crippen molar-refractivity contribution in [3.8, 4) is 0 Å². The molecule has 1 aromatic heterocycles. The molecule has 0 bridgehead atoms. The van der Waals surface area contributed by atoms with Crippen LogP contribution in [0, 0.1) is 0 Å². The van der Waals surface area contributed by atoms with Crippen LogP contribution in [0.2, 0.25) is 0 Å². The molecule has 3 N–H and O–H groups in total. The van der Waals surface area contributed by atoms with Gasteiger partial charge in [-0.3, -0.25) is 9.78 Å².